The van der Waals surface area contributed by atoms with Gasteiger partial charge in [-0.15, -0.1) is 0 Å². The summed E-state index contributed by atoms with van der Waals surface area (Å²) >= 11 is 6.66. The van der Waals surface area contributed by atoms with Crippen LogP contribution >= 0.6 is 50.3 Å². The van der Waals surface area contributed by atoms with Crippen LogP contribution in [0, 0.1) is 3.57 Å². The summed E-state index contributed by atoms with van der Waals surface area (Å²) in [5.74, 6) is -0.466. The lowest BCUT2D eigenvalue weighted by Crippen LogP contribution is -2.23. The maximum Gasteiger partial charge on any atom is 0.338 e. The van der Waals surface area contributed by atoms with Crippen molar-refractivity contribution in [3.63, 3.8) is 0 Å². The van der Waals surface area contributed by atoms with Crippen LogP contribution in [-0.2, 0) is 9.53 Å². The van der Waals surface area contributed by atoms with Crippen LogP contribution in [0.3, 0.4) is 0 Å². The number of halogens is 2. The summed E-state index contributed by atoms with van der Waals surface area (Å²) in [5, 5.41) is 10.8. The number of rotatable bonds is 4. The molecule has 1 saturated heterocycles. The van der Waals surface area contributed by atoms with E-state index in [-0.39, 0.29) is 17.6 Å². The number of amides is 1. The number of phenols is 1. The van der Waals surface area contributed by atoms with Crippen molar-refractivity contribution in [1.29, 1.82) is 0 Å². The Kier molecular flexibility index (Phi) is 7.01. The fourth-order valence-corrected chi connectivity index (χ4v) is 5.01. The number of phenolic OH excluding ortho intramolecular Hbond substituents is 1. The van der Waals surface area contributed by atoms with E-state index in [0.717, 1.165) is 4.47 Å². The summed E-state index contributed by atoms with van der Waals surface area (Å²) in [4.78, 5) is 30.8. The van der Waals surface area contributed by atoms with Gasteiger partial charge in [-0.05, 0) is 83.8 Å². The Labute approximate surface area is 194 Å². The minimum atomic E-state index is -0.386. The number of thioether (sulfide) groups is 1. The Morgan fingerprint density at radius 3 is 2.69 bits per heavy atom. The van der Waals surface area contributed by atoms with Gasteiger partial charge in [-0.3, -0.25) is 9.69 Å². The van der Waals surface area contributed by atoms with Crippen molar-refractivity contribution >= 4 is 79.1 Å². The largest absolute Gasteiger partial charge is 0.506 e. The van der Waals surface area contributed by atoms with Gasteiger partial charge in [0.1, 0.15) is 5.75 Å². The zero-order valence-electron chi connectivity index (χ0n) is 15.5. The van der Waals surface area contributed by atoms with Gasteiger partial charge in [-0.1, -0.05) is 15.9 Å². The Balaban J connectivity index is 1.86. The summed E-state index contributed by atoms with van der Waals surface area (Å²) in [7, 11) is 1.65. The molecular formula is C20H16BrIN2O4S. The highest BCUT2D eigenvalue weighted by Crippen LogP contribution is 2.36. The molecule has 6 nitrogen and oxygen atoms in total. The maximum atomic E-state index is 12.6. The number of aliphatic imine (C=N–C) groups is 1. The molecule has 1 aliphatic heterocycles. The Morgan fingerprint density at radius 1 is 1.34 bits per heavy atom. The molecule has 0 bridgehead atoms. The summed E-state index contributed by atoms with van der Waals surface area (Å²) in [5.41, 5.74) is 1.61. The average Bonchev–Trinajstić information content (AvgIpc) is 2.94. The number of ether oxygens (including phenoxy) is 1. The van der Waals surface area contributed by atoms with Crippen LogP contribution in [0.2, 0.25) is 0 Å². The number of nitrogens with zero attached hydrogens (tertiary/aromatic N) is 2. The lowest BCUT2D eigenvalue weighted by atomic mass is 10.2. The molecule has 9 heteroatoms. The van der Waals surface area contributed by atoms with Gasteiger partial charge in [0.15, 0.2) is 5.17 Å². The van der Waals surface area contributed by atoms with Crippen LogP contribution in [0.4, 0.5) is 5.69 Å². The van der Waals surface area contributed by atoms with Gasteiger partial charge in [0, 0.05) is 17.1 Å². The van der Waals surface area contributed by atoms with Crippen LogP contribution in [-0.4, -0.2) is 40.7 Å². The summed E-state index contributed by atoms with van der Waals surface area (Å²) in [6, 6.07) is 10.2. The van der Waals surface area contributed by atoms with Crippen LogP contribution < -0.4 is 0 Å². The average molecular weight is 587 g/mol. The smallest absolute Gasteiger partial charge is 0.338 e. The van der Waals surface area contributed by atoms with Crippen LogP contribution in [0.25, 0.3) is 6.08 Å². The zero-order chi connectivity index (χ0) is 21.1. The van der Waals surface area contributed by atoms with Crippen LogP contribution in [0.1, 0.15) is 22.8 Å². The Bertz CT molecular complexity index is 1040. The van der Waals surface area contributed by atoms with Gasteiger partial charge in [0.25, 0.3) is 5.91 Å². The van der Waals surface area contributed by atoms with E-state index in [1.54, 1.807) is 56.4 Å². The first-order chi connectivity index (χ1) is 13.8. The number of amidine groups is 1. The second kappa shape index (κ2) is 9.31. The normalized spacial score (nSPS) is 16.7. The molecule has 1 fully saturated rings. The second-order valence-electron chi connectivity index (χ2n) is 5.96. The van der Waals surface area contributed by atoms with E-state index in [2.05, 4.69) is 20.9 Å². The SMILES string of the molecule is CCOC(=O)c1ccc(N=C2SC(=Cc3cc(Br)cc(I)c3O)C(=O)N2C)cc1. The number of carbonyl (C=O) groups excluding carboxylic acids is 2. The Morgan fingerprint density at radius 2 is 2.03 bits per heavy atom. The number of benzene rings is 2. The third kappa shape index (κ3) is 5.01. The van der Waals surface area contributed by atoms with E-state index >= 15 is 0 Å². The predicted octanol–water partition coefficient (Wildman–Crippen LogP) is 5.17. The van der Waals surface area contributed by atoms with E-state index in [1.165, 1.54) is 16.7 Å². The molecule has 1 heterocycles. The molecule has 2 aromatic carbocycles. The highest BCUT2D eigenvalue weighted by molar-refractivity contribution is 14.1. The van der Waals surface area contributed by atoms with Gasteiger partial charge in [-0.25, -0.2) is 9.79 Å². The number of aromatic hydroxyl groups is 1. The molecule has 29 heavy (non-hydrogen) atoms. The van der Waals surface area contributed by atoms with Crippen molar-refractivity contribution in [2.45, 2.75) is 6.92 Å². The number of likely N-dealkylation sites (N-methyl/N-ethyl adjacent to an activating group) is 1. The number of hydrogen-bond donors (Lipinski definition) is 1. The molecule has 2 aromatic rings. The fourth-order valence-electron chi connectivity index (χ4n) is 2.49. The first kappa shape index (κ1) is 21.8. The van der Waals surface area contributed by atoms with Crippen LogP contribution in [0.15, 0.2) is 50.8 Å². The van der Waals surface area contributed by atoms with E-state index in [1.807, 2.05) is 22.6 Å². The first-order valence-electron chi connectivity index (χ1n) is 8.51. The first-order valence-corrected chi connectivity index (χ1v) is 11.2. The quantitative estimate of drug-likeness (QED) is 0.304. The monoisotopic (exact) mass is 586 g/mol. The van der Waals surface area contributed by atoms with Crippen molar-refractivity contribution < 1.29 is 19.4 Å². The zero-order valence-corrected chi connectivity index (χ0v) is 20.0. The van der Waals surface area contributed by atoms with Gasteiger partial charge in [-0.2, -0.15) is 0 Å². The molecule has 0 spiro atoms. The molecule has 1 aliphatic rings. The molecule has 0 aromatic heterocycles. The van der Waals surface area contributed by atoms with E-state index in [9.17, 15) is 14.7 Å². The molecule has 150 valence electrons. The lowest BCUT2D eigenvalue weighted by molar-refractivity contribution is -0.121. The minimum absolute atomic E-state index is 0.122. The second-order valence-corrected chi connectivity index (χ2v) is 9.05. The molecule has 0 atom stereocenters. The Hall–Kier alpha value is -1.85. The van der Waals surface area contributed by atoms with Crippen molar-refractivity contribution in [2.24, 2.45) is 4.99 Å². The van der Waals surface area contributed by atoms with Gasteiger partial charge in [0.2, 0.25) is 0 Å². The van der Waals surface area contributed by atoms with E-state index in [4.69, 9.17) is 4.74 Å². The number of hydrogen-bond acceptors (Lipinski definition) is 6. The highest BCUT2D eigenvalue weighted by Gasteiger charge is 2.30. The number of carbonyl (C=O) groups is 2. The standard InChI is InChI=1S/C20H16BrIN2O4S/c1-3-28-19(27)11-4-6-14(7-5-11)23-20-24(2)18(26)16(29-20)9-12-8-13(21)10-15(22)17(12)25/h4-10,25H,3H2,1-2H3. The fraction of sp³-hybridized carbons (Fsp3) is 0.150. The van der Waals surface area contributed by atoms with Crippen molar-refractivity contribution in [2.75, 3.05) is 13.7 Å². The van der Waals surface area contributed by atoms with Crippen molar-refractivity contribution in [1.82, 2.24) is 4.90 Å². The third-order valence-corrected chi connectivity index (χ3v) is 6.29. The van der Waals surface area contributed by atoms with E-state index < -0.39 is 0 Å². The van der Waals surface area contributed by atoms with Gasteiger partial charge in [0.05, 0.1) is 26.3 Å². The van der Waals surface area contributed by atoms with Crippen molar-refractivity contribution in [3.8, 4) is 5.75 Å². The molecule has 0 saturated carbocycles. The molecule has 1 amide bonds. The molecule has 0 radical (unpaired) electrons. The topological polar surface area (TPSA) is 79.2 Å². The van der Waals surface area contributed by atoms with Crippen molar-refractivity contribution in [3.05, 3.63) is 60.5 Å². The van der Waals surface area contributed by atoms with E-state index in [0.29, 0.717) is 37.1 Å². The van der Waals surface area contributed by atoms with Crippen LogP contribution in [0.5, 0.6) is 5.75 Å². The highest BCUT2D eigenvalue weighted by atomic mass is 127. The minimum Gasteiger partial charge on any atom is -0.506 e. The number of esters is 1. The summed E-state index contributed by atoms with van der Waals surface area (Å²) in [6.07, 6.45) is 1.65. The molecular weight excluding hydrogens is 571 g/mol. The predicted molar refractivity (Wildman–Crippen MR) is 126 cm³/mol. The lowest BCUT2D eigenvalue weighted by Gasteiger charge is -2.07. The molecule has 0 unspecified atom stereocenters. The molecule has 0 aliphatic carbocycles. The molecule has 1 N–H and O–H groups in total. The van der Waals surface area contributed by atoms with Gasteiger partial charge < -0.3 is 9.84 Å². The maximum absolute atomic E-state index is 12.6. The summed E-state index contributed by atoms with van der Waals surface area (Å²) in [6.45, 7) is 2.07. The summed E-state index contributed by atoms with van der Waals surface area (Å²) < 4.78 is 6.46. The molecule has 3 rings (SSSR count). The third-order valence-electron chi connectivity index (χ3n) is 3.95. The van der Waals surface area contributed by atoms with Gasteiger partial charge >= 0.3 is 5.97 Å².